The number of hydrogen-bond acceptors (Lipinski definition) is 5. The van der Waals surface area contributed by atoms with Crippen molar-refractivity contribution in [2.75, 3.05) is 22.9 Å². The second-order valence-electron chi connectivity index (χ2n) is 13.4. The molecule has 0 saturated carbocycles. The first-order valence-electron chi connectivity index (χ1n) is 17.3. The lowest BCUT2D eigenvalue weighted by molar-refractivity contribution is -0.122. The van der Waals surface area contributed by atoms with Gasteiger partial charge in [0.15, 0.2) is 0 Å². The third-order valence-corrected chi connectivity index (χ3v) is 10.3. The van der Waals surface area contributed by atoms with Gasteiger partial charge in [0.2, 0.25) is 0 Å². The van der Waals surface area contributed by atoms with E-state index in [2.05, 4.69) is 34.5 Å². The van der Waals surface area contributed by atoms with Crippen LogP contribution in [0.25, 0.3) is 6.08 Å². The van der Waals surface area contributed by atoms with Crippen molar-refractivity contribution in [1.29, 1.82) is 0 Å². The Morgan fingerprint density at radius 3 is 2.06 bits per heavy atom. The minimum Gasteiger partial charge on any atom is -0.488 e. The number of carbonyl (C=O) groups is 3. The third-order valence-electron chi connectivity index (χ3n) is 10.1. The first-order chi connectivity index (χ1) is 24.8. The summed E-state index contributed by atoms with van der Waals surface area (Å²) in [5.74, 6) is -0.890. The van der Waals surface area contributed by atoms with E-state index in [0.29, 0.717) is 22.0 Å². The molecule has 0 aromatic heterocycles. The number of rotatable bonds is 7. The number of urea groups is 1. The van der Waals surface area contributed by atoms with Crippen LogP contribution in [-0.2, 0) is 16.2 Å². The molecule has 5 aromatic carbocycles. The number of amides is 4. The van der Waals surface area contributed by atoms with Gasteiger partial charge >= 0.3 is 6.03 Å². The van der Waals surface area contributed by atoms with Crippen LogP contribution in [0.4, 0.5) is 16.2 Å². The van der Waals surface area contributed by atoms with Crippen LogP contribution < -0.4 is 19.9 Å². The molecule has 254 valence electrons. The van der Waals surface area contributed by atoms with E-state index in [1.165, 1.54) is 22.9 Å². The van der Waals surface area contributed by atoms with Gasteiger partial charge in [-0.1, -0.05) is 102 Å². The number of nitrogens with one attached hydrogen (secondary N) is 1. The minimum absolute atomic E-state index is 0.0739. The zero-order valence-corrected chi connectivity index (χ0v) is 28.9. The van der Waals surface area contributed by atoms with Gasteiger partial charge in [0, 0.05) is 41.2 Å². The van der Waals surface area contributed by atoms with Crippen molar-refractivity contribution in [2.24, 2.45) is 0 Å². The molecular weight excluding hydrogens is 658 g/mol. The number of halogens is 1. The van der Waals surface area contributed by atoms with Crippen LogP contribution in [0.3, 0.4) is 0 Å². The van der Waals surface area contributed by atoms with Crippen LogP contribution in [0.15, 0.2) is 121 Å². The van der Waals surface area contributed by atoms with Crippen LogP contribution in [0.5, 0.6) is 5.75 Å². The molecule has 1 saturated heterocycles. The van der Waals surface area contributed by atoms with E-state index in [-0.39, 0.29) is 24.0 Å². The molecule has 0 aliphatic carbocycles. The quantitative estimate of drug-likeness (QED) is 0.136. The molecule has 1 fully saturated rings. The highest BCUT2D eigenvalue weighted by molar-refractivity contribution is 6.39. The molecule has 3 aliphatic rings. The summed E-state index contributed by atoms with van der Waals surface area (Å²) < 4.78 is 6.16. The van der Waals surface area contributed by atoms with Crippen molar-refractivity contribution in [1.82, 2.24) is 5.32 Å². The lowest BCUT2D eigenvalue weighted by atomic mass is 9.76. The van der Waals surface area contributed by atoms with Crippen LogP contribution in [0, 0.1) is 6.92 Å². The summed E-state index contributed by atoms with van der Waals surface area (Å²) in [4.78, 5) is 45.0. The summed E-state index contributed by atoms with van der Waals surface area (Å²) in [5.41, 5.74) is 8.46. The monoisotopic (exact) mass is 693 g/mol. The van der Waals surface area contributed by atoms with Gasteiger partial charge < -0.3 is 9.64 Å². The first kappa shape index (κ1) is 32.5. The SMILES string of the molecule is Cc1cccc(COc2ccc(Cl)cc2/C=C2\C(=O)NC(=O)N(c3cc4c5c(c3)[C@H](c3ccccc3)CCN5CC[C@@H]4c3ccccc3)C2=O)c1. The molecule has 4 amide bonds. The molecular formula is C43H36ClN3O4. The van der Waals surface area contributed by atoms with Gasteiger partial charge in [0.1, 0.15) is 17.9 Å². The van der Waals surface area contributed by atoms with Crippen molar-refractivity contribution < 1.29 is 19.1 Å². The average molecular weight is 694 g/mol. The number of hydrogen-bond donors (Lipinski definition) is 1. The van der Waals surface area contributed by atoms with Gasteiger partial charge in [0.05, 0.1) is 5.69 Å². The van der Waals surface area contributed by atoms with E-state index in [1.54, 1.807) is 18.2 Å². The molecule has 0 spiro atoms. The smallest absolute Gasteiger partial charge is 0.335 e. The predicted molar refractivity (Wildman–Crippen MR) is 200 cm³/mol. The zero-order chi connectivity index (χ0) is 35.1. The van der Waals surface area contributed by atoms with Gasteiger partial charge in [-0.15, -0.1) is 0 Å². The van der Waals surface area contributed by atoms with Crippen molar-refractivity contribution in [3.63, 3.8) is 0 Å². The molecule has 2 atom stereocenters. The van der Waals surface area contributed by atoms with Crippen molar-refractivity contribution in [2.45, 2.75) is 38.2 Å². The van der Waals surface area contributed by atoms with Crippen molar-refractivity contribution >= 4 is 46.9 Å². The molecule has 51 heavy (non-hydrogen) atoms. The fourth-order valence-electron chi connectivity index (χ4n) is 7.74. The lowest BCUT2D eigenvalue weighted by Crippen LogP contribution is -2.54. The van der Waals surface area contributed by atoms with Gasteiger partial charge in [-0.25, -0.2) is 9.69 Å². The Hall–Kier alpha value is -5.66. The Labute approximate surface area is 302 Å². The number of ether oxygens (including phenoxy) is 1. The Morgan fingerprint density at radius 1 is 0.784 bits per heavy atom. The summed E-state index contributed by atoms with van der Waals surface area (Å²) in [5, 5.41) is 2.84. The molecule has 5 aromatic rings. The normalized spacial score (nSPS) is 19.2. The minimum atomic E-state index is -0.785. The molecule has 0 unspecified atom stereocenters. The Morgan fingerprint density at radius 2 is 1.43 bits per heavy atom. The molecule has 7 nitrogen and oxygen atoms in total. The maximum Gasteiger partial charge on any atom is 0.335 e. The molecule has 0 bridgehead atoms. The van der Waals surface area contributed by atoms with E-state index in [0.717, 1.165) is 53.1 Å². The highest BCUT2D eigenvalue weighted by Gasteiger charge is 2.40. The molecule has 1 N–H and O–H groups in total. The fourth-order valence-corrected chi connectivity index (χ4v) is 7.92. The molecule has 8 rings (SSSR count). The summed E-state index contributed by atoms with van der Waals surface area (Å²) in [6.07, 6.45) is 3.26. The standard InChI is InChI=1S/C43H36ClN3O4/c1-27-9-8-10-28(21-27)26-51-39-16-15-32(44)22-31(39)23-38-41(48)45-43(50)47(42(38)49)33-24-36-34(29-11-4-2-5-12-29)17-19-46-20-18-35(37(25-33)40(36)46)30-13-6-3-7-14-30/h2-16,21-25,34-35H,17-20,26H2,1H3,(H,45,48,50)/b38-23+/t34-,35+. The maximum atomic E-state index is 14.4. The van der Waals surface area contributed by atoms with E-state index in [9.17, 15) is 14.4 Å². The van der Waals surface area contributed by atoms with Crippen LogP contribution in [-0.4, -0.2) is 30.9 Å². The lowest BCUT2D eigenvalue weighted by Gasteiger charge is -2.44. The maximum absolute atomic E-state index is 14.4. The van der Waals surface area contributed by atoms with Gasteiger partial charge in [-0.2, -0.15) is 0 Å². The van der Waals surface area contributed by atoms with Gasteiger partial charge in [-0.05, 0) is 84.0 Å². The highest BCUT2D eigenvalue weighted by Crippen LogP contribution is 2.50. The highest BCUT2D eigenvalue weighted by atomic mass is 35.5. The third kappa shape index (κ3) is 6.30. The molecule has 8 heteroatoms. The topological polar surface area (TPSA) is 79.0 Å². The van der Waals surface area contributed by atoms with Gasteiger partial charge in [0.25, 0.3) is 11.8 Å². The fraction of sp³-hybridized carbons (Fsp3) is 0.186. The summed E-state index contributed by atoms with van der Waals surface area (Å²) in [6.45, 7) is 4.13. The largest absolute Gasteiger partial charge is 0.488 e. The van der Waals surface area contributed by atoms with E-state index in [4.69, 9.17) is 16.3 Å². The molecule has 0 radical (unpaired) electrons. The van der Waals surface area contributed by atoms with Crippen molar-refractivity contribution in [3.8, 4) is 5.75 Å². The van der Waals surface area contributed by atoms with Crippen LogP contribution in [0.2, 0.25) is 5.02 Å². The number of imide groups is 2. The number of carbonyl (C=O) groups excluding carboxylic acids is 3. The Bertz CT molecular complexity index is 2130. The first-order valence-corrected chi connectivity index (χ1v) is 17.6. The Balaban J connectivity index is 1.22. The van der Waals surface area contributed by atoms with Crippen LogP contribution >= 0.6 is 11.6 Å². The van der Waals surface area contributed by atoms with E-state index >= 15 is 0 Å². The predicted octanol–water partition coefficient (Wildman–Crippen LogP) is 8.77. The second kappa shape index (κ2) is 13.6. The summed E-state index contributed by atoms with van der Waals surface area (Å²) in [6, 6.07) is 36.9. The average Bonchev–Trinajstić information content (AvgIpc) is 3.14. The number of benzene rings is 5. The van der Waals surface area contributed by atoms with E-state index in [1.807, 2.05) is 79.7 Å². The van der Waals surface area contributed by atoms with Crippen LogP contribution in [0.1, 0.15) is 63.6 Å². The van der Waals surface area contributed by atoms with Gasteiger partial charge in [-0.3, -0.25) is 14.9 Å². The Kier molecular flexibility index (Phi) is 8.66. The number of barbiturate groups is 1. The van der Waals surface area contributed by atoms with E-state index < -0.39 is 17.8 Å². The number of nitrogens with zero attached hydrogens (tertiary/aromatic N) is 2. The molecule has 3 heterocycles. The second-order valence-corrected chi connectivity index (χ2v) is 13.8. The summed E-state index contributed by atoms with van der Waals surface area (Å²) in [7, 11) is 0. The number of anilines is 2. The van der Waals surface area contributed by atoms with Crippen molar-refractivity contribution in [3.05, 3.63) is 165 Å². The summed E-state index contributed by atoms with van der Waals surface area (Å²) >= 11 is 6.40. The molecule has 3 aliphatic heterocycles. The zero-order valence-electron chi connectivity index (χ0n) is 28.1. The number of aryl methyl sites for hydroxylation is 1.